The molecule has 0 aliphatic rings. The largest absolute Gasteiger partial charge is 0.0561 e. The van der Waals surface area contributed by atoms with Crippen molar-refractivity contribution in [2.24, 2.45) is 0 Å². The SMILES string of the molecule is CC(C)(C)c1cc(C(C)(C)C)c(C(C)(C)c2cc(C(C)(C)C)c(C(C)(C)C)cc2C(C)(C)C)cc1C(C)(C)C. The first-order chi connectivity index (χ1) is 16.9. The van der Waals surface area contributed by atoms with E-state index in [0.29, 0.717) is 0 Å². The Morgan fingerprint density at radius 2 is 0.359 bits per heavy atom. The number of hydrogen-bond donors (Lipinski definition) is 0. The van der Waals surface area contributed by atoms with Crippen molar-refractivity contribution in [3.05, 3.63) is 68.8 Å². The maximum absolute atomic E-state index is 2.60. The maximum atomic E-state index is 2.60. The zero-order chi connectivity index (χ0) is 30.9. The molecule has 2 aromatic carbocycles. The van der Waals surface area contributed by atoms with Gasteiger partial charge in [0.2, 0.25) is 0 Å². The van der Waals surface area contributed by atoms with Crippen LogP contribution in [0.3, 0.4) is 0 Å². The Hall–Kier alpha value is -1.56. The lowest BCUT2D eigenvalue weighted by molar-refractivity contribution is 0.494. The first-order valence-corrected chi connectivity index (χ1v) is 15.3. The highest BCUT2D eigenvalue weighted by molar-refractivity contribution is 5.57. The second-order valence-corrected chi connectivity index (χ2v) is 19.0. The Morgan fingerprint density at radius 1 is 0.231 bits per heavy atom. The highest BCUT2D eigenvalue weighted by atomic mass is 14.4. The van der Waals surface area contributed by atoms with Gasteiger partial charge in [0.05, 0.1) is 0 Å². The average Bonchev–Trinajstić information content (AvgIpc) is 2.67. The molecule has 0 nitrogen and oxygen atoms in total. The van der Waals surface area contributed by atoms with Crippen LogP contribution in [0.25, 0.3) is 0 Å². The first kappa shape index (κ1) is 33.6. The van der Waals surface area contributed by atoms with Gasteiger partial charge in [0.1, 0.15) is 0 Å². The van der Waals surface area contributed by atoms with Crippen LogP contribution in [0.1, 0.15) is 183 Å². The van der Waals surface area contributed by atoms with Gasteiger partial charge in [-0.3, -0.25) is 0 Å². The zero-order valence-corrected chi connectivity index (χ0v) is 29.8. The quantitative estimate of drug-likeness (QED) is 0.361. The molecule has 0 heterocycles. The summed E-state index contributed by atoms with van der Waals surface area (Å²) < 4.78 is 0. The van der Waals surface area contributed by atoms with Crippen LogP contribution in [0.2, 0.25) is 0 Å². The van der Waals surface area contributed by atoms with Crippen LogP contribution in [-0.4, -0.2) is 0 Å². The van der Waals surface area contributed by atoms with Gasteiger partial charge in [-0.2, -0.15) is 0 Å². The summed E-state index contributed by atoms with van der Waals surface area (Å²) in [6.07, 6.45) is 0. The molecule has 39 heavy (non-hydrogen) atoms. The first-order valence-electron chi connectivity index (χ1n) is 15.3. The van der Waals surface area contributed by atoms with E-state index in [4.69, 9.17) is 0 Å². The van der Waals surface area contributed by atoms with Crippen LogP contribution in [-0.2, 0) is 37.9 Å². The molecule has 0 amide bonds. The molecular weight excluding hydrogens is 468 g/mol. The Morgan fingerprint density at radius 3 is 0.513 bits per heavy atom. The van der Waals surface area contributed by atoms with E-state index < -0.39 is 0 Å². The third kappa shape index (κ3) is 7.02. The molecule has 0 N–H and O–H groups in total. The lowest BCUT2D eigenvalue weighted by Crippen LogP contribution is -2.33. The van der Waals surface area contributed by atoms with Crippen molar-refractivity contribution in [1.29, 1.82) is 0 Å². The van der Waals surface area contributed by atoms with E-state index in [1.165, 1.54) is 44.5 Å². The maximum Gasteiger partial charge on any atom is 0.0152 e. The molecule has 0 aromatic heterocycles. The minimum Gasteiger partial charge on any atom is -0.0561 e. The Labute approximate surface area is 244 Å². The van der Waals surface area contributed by atoms with Crippen LogP contribution in [0, 0.1) is 0 Å². The average molecular weight is 533 g/mol. The van der Waals surface area contributed by atoms with Gasteiger partial charge in [-0.25, -0.2) is 0 Å². The molecular formula is C39H64. The third-order valence-electron chi connectivity index (χ3n) is 8.51. The van der Waals surface area contributed by atoms with E-state index in [1.807, 2.05) is 0 Å². The molecule has 220 valence electrons. The molecule has 0 saturated heterocycles. The lowest BCUT2D eigenvalue weighted by Gasteiger charge is -2.42. The van der Waals surface area contributed by atoms with E-state index >= 15 is 0 Å². The summed E-state index contributed by atoms with van der Waals surface area (Å²) in [5, 5.41) is 0. The molecule has 0 aliphatic heterocycles. The van der Waals surface area contributed by atoms with Crippen LogP contribution in [0.5, 0.6) is 0 Å². The van der Waals surface area contributed by atoms with E-state index in [-0.39, 0.29) is 37.9 Å². The Balaban J connectivity index is 3.22. The predicted molar refractivity (Wildman–Crippen MR) is 177 cm³/mol. The van der Waals surface area contributed by atoms with Crippen molar-refractivity contribution in [2.75, 3.05) is 0 Å². The van der Waals surface area contributed by atoms with E-state index in [9.17, 15) is 0 Å². The summed E-state index contributed by atoms with van der Waals surface area (Å²) in [4.78, 5) is 0. The second-order valence-electron chi connectivity index (χ2n) is 19.0. The van der Waals surface area contributed by atoms with E-state index in [2.05, 4.69) is 163 Å². The predicted octanol–water partition coefficient (Wildman–Crippen LogP) is 11.8. The molecule has 0 spiro atoms. The normalized spacial score (nSPS) is 14.7. The minimum absolute atomic E-state index is 0.0309. The molecule has 2 aromatic rings. The van der Waals surface area contributed by atoms with Crippen molar-refractivity contribution in [1.82, 2.24) is 0 Å². The van der Waals surface area contributed by atoms with Crippen molar-refractivity contribution in [2.45, 2.75) is 176 Å². The topological polar surface area (TPSA) is 0 Å². The van der Waals surface area contributed by atoms with Gasteiger partial charge in [-0.05, 0) is 77.0 Å². The lowest BCUT2D eigenvalue weighted by atomic mass is 9.62. The van der Waals surface area contributed by atoms with Gasteiger partial charge in [0.25, 0.3) is 0 Å². The fourth-order valence-electron chi connectivity index (χ4n) is 6.10. The summed E-state index contributed by atoms with van der Waals surface area (Å²) in [6, 6.07) is 10.3. The van der Waals surface area contributed by atoms with Crippen molar-refractivity contribution < 1.29 is 0 Å². The van der Waals surface area contributed by atoms with Gasteiger partial charge in [0.15, 0.2) is 0 Å². The summed E-state index contributed by atoms with van der Waals surface area (Å²) >= 11 is 0. The van der Waals surface area contributed by atoms with E-state index in [1.54, 1.807) is 0 Å². The highest BCUT2D eigenvalue weighted by Crippen LogP contribution is 2.48. The fraction of sp³-hybridized carbons (Fsp3) is 0.692. The van der Waals surface area contributed by atoms with Gasteiger partial charge in [-0.1, -0.05) is 163 Å². The van der Waals surface area contributed by atoms with Crippen LogP contribution in [0.4, 0.5) is 0 Å². The Bertz CT molecular complexity index is 1090. The van der Waals surface area contributed by atoms with Crippen molar-refractivity contribution >= 4 is 0 Å². The second kappa shape index (κ2) is 9.77. The van der Waals surface area contributed by atoms with Crippen LogP contribution in [0.15, 0.2) is 24.3 Å². The fourth-order valence-corrected chi connectivity index (χ4v) is 6.10. The van der Waals surface area contributed by atoms with Crippen LogP contribution >= 0.6 is 0 Å². The molecule has 0 bridgehead atoms. The number of rotatable bonds is 2. The molecule has 0 atom stereocenters. The summed E-state index contributed by atoms with van der Waals surface area (Å²) in [5.74, 6) is 0. The van der Waals surface area contributed by atoms with E-state index in [0.717, 1.165) is 0 Å². The Kier molecular flexibility index (Phi) is 8.43. The molecule has 0 heteroatoms. The molecule has 0 saturated carbocycles. The van der Waals surface area contributed by atoms with Gasteiger partial charge in [0, 0.05) is 5.41 Å². The summed E-state index contributed by atoms with van der Waals surface area (Å²) in [7, 11) is 0. The van der Waals surface area contributed by atoms with Crippen molar-refractivity contribution in [3.63, 3.8) is 0 Å². The molecule has 2 rings (SSSR count). The molecule has 0 aliphatic carbocycles. The smallest absolute Gasteiger partial charge is 0.0152 e. The standard InChI is InChI=1S/C39H64/c1-33(2,3)25-21-29(37(13,14)15)31(23-27(25)35(7,8)9)39(19,20)32-24-28(36(10,11)12)26(34(4,5)6)22-30(32)38(16,17)18/h21-24H,1-20H3. The van der Waals surface area contributed by atoms with Gasteiger partial charge in [-0.15, -0.1) is 0 Å². The third-order valence-corrected chi connectivity index (χ3v) is 8.51. The highest BCUT2D eigenvalue weighted by Gasteiger charge is 2.39. The number of benzene rings is 2. The minimum atomic E-state index is -0.169. The molecule has 0 unspecified atom stereocenters. The molecule has 0 radical (unpaired) electrons. The van der Waals surface area contributed by atoms with Crippen LogP contribution < -0.4 is 0 Å². The number of hydrogen-bond acceptors (Lipinski definition) is 0. The summed E-state index contributed by atoms with van der Waals surface area (Å²) in [6.45, 7) is 47.8. The van der Waals surface area contributed by atoms with Gasteiger partial charge < -0.3 is 0 Å². The van der Waals surface area contributed by atoms with Crippen molar-refractivity contribution in [3.8, 4) is 0 Å². The zero-order valence-electron chi connectivity index (χ0n) is 29.8. The monoisotopic (exact) mass is 533 g/mol. The van der Waals surface area contributed by atoms with Gasteiger partial charge >= 0.3 is 0 Å². The molecule has 0 fully saturated rings. The summed E-state index contributed by atoms with van der Waals surface area (Å²) in [5.41, 5.74) is 12.0.